The molecule has 3 aromatic rings. The van der Waals surface area contributed by atoms with Crippen LogP contribution < -0.4 is 19.7 Å². The fourth-order valence-corrected chi connectivity index (χ4v) is 3.73. The van der Waals surface area contributed by atoms with Crippen LogP contribution in [0.2, 0.25) is 5.02 Å². The van der Waals surface area contributed by atoms with Gasteiger partial charge in [0.25, 0.3) is 11.8 Å². The van der Waals surface area contributed by atoms with E-state index in [1.54, 1.807) is 42.5 Å². The van der Waals surface area contributed by atoms with Gasteiger partial charge in [-0.25, -0.2) is 9.69 Å². The molecule has 9 heteroatoms. The van der Waals surface area contributed by atoms with Gasteiger partial charge in [0.05, 0.1) is 12.8 Å². The van der Waals surface area contributed by atoms with E-state index < -0.39 is 17.8 Å². The Balaban J connectivity index is 1.65. The summed E-state index contributed by atoms with van der Waals surface area (Å²) in [4.78, 5) is 39.1. The van der Waals surface area contributed by atoms with Crippen LogP contribution in [0, 0.1) is 0 Å². The molecule has 172 valence electrons. The standard InChI is InChI=1S/C25H18BrClN2O5/c1-33-20-9-7-19(8-10-20)29-24(31)21(23(30)28-25(29)32)13-16-12-18(27)6-11-22(16)34-14-15-2-4-17(26)5-3-15/h2-13H,14H2,1H3,(H,28,30,32)/b21-13+. The van der Waals surface area contributed by atoms with E-state index in [0.29, 0.717) is 27.8 Å². The molecule has 0 aliphatic carbocycles. The molecule has 0 unspecified atom stereocenters. The molecule has 1 saturated heterocycles. The smallest absolute Gasteiger partial charge is 0.335 e. The highest BCUT2D eigenvalue weighted by molar-refractivity contribution is 9.10. The Hall–Kier alpha value is -3.62. The van der Waals surface area contributed by atoms with Gasteiger partial charge in [-0.05, 0) is 66.2 Å². The Labute approximate surface area is 209 Å². The van der Waals surface area contributed by atoms with Crippen molar-refractivity contribution in [2.75, 3.05) is 12.0 Å². The van der Waals surface area contributed by atoms with E-state index in [9.17, 15) is 14.4 Å². The lowest BCUT2D eigenvalue weighted by Gasteiger charge is -2.26. The summed E-state index contributed by atoms with van der Waals surface area (Å²) in [5.74, 6) is -0.586. The molecule has 1 fully saturated rings. The zero-order chi connectivity index (χ0) is 24.2. The summed E-state index contributed by atoms with van der Waals surface area (Å²) in [5, 5.41) is 2.60. The maximum Gasteiger partial charge on any atom is 0.335 e. The van der Waals surface area contributed by atoms with Gasteiger partial charge in [0.1, 0.15) is 23.7 Å². The fourth-order valence-electron chi connectivity index (χ4n) is 3.28. The van der Waals surface area contributed by atoms with Crippen molar-refractivity contribution >= 4 is 57.1 Å². The lowest BCUT2D eigenvalue weighted by Crippen LogP contribution is -2.54. The predicted octanol–water partition coefficient (Wildman–Crippen LogP) is 5.36. The van der Waals surface area contributed by atoms with E-state index in [-0.39, 0.29) is 12.2 Å². The molecule has 0 radical (unpaired) electrons. The number of carbonyl (C=O) groups excluding carboxylic acids is 3. The van der Waals surface area contributed by atoms with Crippen molar-refractivity contribution in [3.63, 3.8) is 0 Å². The van der Waals surface area contributed by atoms with E-state index in [0.717, 1.165) is 14.9 Å². The second kappa shape index (κ2) is 10.1. The summed E-state index contributed by atoms with van der Waals surface area (Å²) < 4.78 is 12.0. The number of methoxy groups -OCH3 is 1. The second-order valence-electron chi connectivity index (χ2n) is 7.25. The third-order valence-electron chi connectivity index (χ3n) is 5.01. The summed E-state index contributed by atoms with van der Waals surface area (Å²) in [7, 11) is 1.51. The Morgan fingerprint density at radius 1 is 1.00 bits per heavy atom. The van der Waals surface area contributed by atoms with E-state index >= 15 is 0 Å². The van der Waals surface area contributed by atoms with E-state index in [1.165, 1.54) is 13.2 Å². The van der Waals surface area contributed by atoms with Gasteiger partial charge in [0.2, 0.25) is 0 Å². The van der Waals surface area contributed by atoms with Gasteiger partial charge in [-0.1, -0.05) is 39.7 Å². The minimum Gasteiger partial charge on any atom is -0.497 e. The highest BCUT2D eigenvalue weighted by atomic mass is 79.9. The first-order valence-electron chi connectivity index (χ1n) is 10.1. The minimum absolute atomic E-state index is 0.230. The van der Waals surface area contributed by atoms with Gasteiger partial charge in [-0.15, -0.1) is 0 Å². The van der Waals surface area contributed by atoms with E-state index in [1.807, 2.05) is 24.3 Å². The van der Waals surface area contributed by atoms with Crippen LogP contribution in [0.3, 0.4) is 0 Å². The normalized spacial score (nSPS) is 14.9. The Morgan fingerprint density at radius 3 is 2.38 bits per heavy atom. The van der Waals surface area contributed by atoms with E-state index in [2.05, 4.69) is 21.2 Å². The fraction of sp³-hybridized carbons (Fsp3) is 0.0800. The average Bonchev–Trinajstić information content (AvgIpc) is 2.82. The molecule has 1 aliphatic heterocycles. The van der Waals surface area contributed by atoms with Crippen LogP contribution in [0.4, 0.5) is 10.5 Å². The van der Waals surface area contributed by atoms with Gasteiger partial charge >= 0.3 is 6.03 Å². The molecule has 0 bridgehead atoms. The molecule has 3 aromatic carbocycles. The van der Waals surface area contributed by atoms with Gasteiger partial charge in [-0.3, -0.25) is 14.9 Å². The van der Waals surface area contributed by atoms with Gasteiger partial charge in [0, 0.05) is 15.1 Å². The van der Waals surface area contributed by atoms with Crippen molar-refractivity contribution in [2.45, 2.75) is 6.61 Å². The van der Waals surface area contributed by atoms with E-state index in [4.69, 9.17) is 21.1 Å². The van der Waals surface area contributed by atoms with Crippen LogP contribution in [0.25, 0.3) is 6.08 Å². The molecule has 0 spiro atoms. The zero-order valence-electron chi connectivity index (χ0n) is 17.9. The van der Waals surface area contributed by atoms with Crippen molar-refractivity contribution in [3.05, 3.63) is 92.9 Å². The van der Waals surface area contributed by atoms with Crippen LogP contribution in [-0.2, 0) is 16.2 Å². The van der Waals surface area contributed by atoms with Crippen molar-refractivity contribution in [1.29, 1.82) is 0 Å². The van der Waals surface area contributed by atoms with Crippen LogP contribution in [0.1, 0.15) is 11.1 Å². The molecule has 1 N–H and O–H groups in total. The topological polar surface area (TPSA) is 84.9 Å². The molecule has 0 saturated carbocycles. The summed E-state index contributed by atoms with van der Waals surface area (Å²) in [6.45, 7) is 0.266. The predicted molar refractivity (Wildman–Crippen MR) is 132 cm³/mol. The molecule has 0 atom stereocenters. The molecular weight excluding hydrogens is 524 g/mol. The molecular formula is C25H18BrClN2O5. The number of nitrogens with zero attached hydrogens (tertiary/aromatic N) is 1. The van der Waals surface area contributed by atoms with Crippen molar-refractivity contribution in [2.24, 2.45) is 0 Å². The van der Waals surface area contributed by atoms with Crippen LogP contribution in [0.15, 0.2) is 76.8 Å². The second-order valence-corrected chi connectivity index (χ2v) is 8.61. The highest BCUT2D eigenvalue weighted by Gasteiger charge is 2.37. The van der Waals surface area contributed by atoms with Gasteiger partial charge < -0.3 is 9.47 Å². The molecule has 34 heavy (non-hydrogen) atoms. The number of hydrogen-bond donors (Lipinski definition) is 1. The Morgan fingerprint density at radius 2 is 1.71 bits per heavy atom. The first kappa shape index (κ1) is 23.5. The minimum atomic E-state index is -0.838. The number of amides is 4. The number of nitrogens with one attached hydrogen (secondary N) is 1. The Kier molecular flexibility index (Phi) is 7.00. The summed E-state index contributed by atoms with van der Waals surface area (Å²) >= 11 is 9.56. The third-order valence-corrected chi connectivity index (χ3v) is 5.78. The SMILES string of the molecule is COc1ccc(N2C(=O)NC(=O)/C(=C\c3cc(Cl)ccc3OCc3ccc(Br)cc3)C2=O)cc1. The number of anilines is 1. The van der Waals surface area contributed by atoms with Crippen molar-refractivity contribution in [3.8, 4) is 11.5 Å². The van der Waals surface area contributed by atoms with Gasteiger partial charge in [0.15, 0.2) is 0 Å². The first-order valence-corrected chi connectivity index (χ1v) is 11.2. The molecule has 0 aromatic heterocycles. The zero-order valence-corrected chi connectivity index (χ0v) is 20.2. The molecule has 4 amide bonds. The number of rotatable bonds is 6. The van der Waals surface area contributed by atoms with Crippen LogP contribution in [0.5, 0.6) is 11.5 Å². The average molecular weight is 542 g/mol. The number of ether oxygens (including phenoxy) is 2. The number of urea groups is 1. The third kappa shape index (κ3) is 5.13. The van der Waals surface area contributed by atoms with Gasteiger partial charge in [-0.2, -0.15) is 0 Å². The van der Waals surface area contributed by atoms with Crippen molar-refractivity contribution in [1.82, 2.24) is 5.32 Å². The molecule has 4 rings (SSSR count). The number of carbonyl (C=O) groups is 3. The molecule has 1 heterocycles. The number of imide groups is 2. The number of halogens is 2. The molecule has 7 nitrogen and oxygen atoms in total. The highest BCUT2D eigenvalue weighted by Crippen LogP contribution is 2.29. The lowest BCUT2D eigenvalue weighted by atomic mass is 10.1. The number of benzene rings is 3. The Bertz CT molecular complexity index is 1290. The lowest BCUT2D eigenvalue weighted by molar-refractivity contribution is -0.122. The van der Waals surface area contributed by atoms with Crippen LogP contribution in [-0.4, -0.2) is 25.0 Å². The summed E-state index contributed by atoms with van der Waals surface area (Å²) in [5.41, 5.74) is 1.41. The van der Waals surface area contributed by atoms with Crippen LogP contribution >= 0.6 is 27.5 Å². The largest absolute Gasteiger partial charge is 0.497 e. The quantitative estimate of drug-likeness (QED) is 0.336. The van der Waals surface area contributed by atoms with Crippen molar-refractivity contribution < 1.29 is 23.9 Å². The number of hydrogen-bond acceptors (Lipinski definition) is 5. The maximum absolute atomic E-state index is 13.2. The number of barbiturate groups is 1. The molecule has 1 aliphatic rings. The summed E-state index contributed by atoms with van der Waals surface area (Å²) in [6, 6.07) is 18.0. The maximum atomic E-state index is 13.2. The summed E-state index contributed by atoms with van der Waals surface area (Å²) in [6.07, 6.45) is 1.36. The first-order chi connectivity index (χ1) is 16.4. The monoisotopic (exact) mass is 540 g/mol.